The number of likely N-dealkylation sites (tertiary alicyclic amines) is 1. The van der Waals surface area contributed by atoms with Gasteiger partial charge in [0.25, 0.3) is 0 Å². The molecule has 0 N–H and O–H groups in total. The van der Waals surface area contributed by atoms with Crippen LogP contribution in [-0.4, -0.2) is 44.8 Å². The highest BCUT2D eigenvalue weighted by molar-refractivity contribution is 5.67. The number of rotatable bonds is 2. The van der Waals surface area contributed by atoms with E-state index < -0.39 is 13.1 Å². The molecule has 2 heterocycles. The zero-order chi connectivity index (χ0) is 18.3. The van der Waals surface area contributed by atoms with Gasteiger partial charge in [-0.05, 0) is 49.7 Å². The minimum atomic E-state index is -2.50. The van der Waals surface area contributed by atoms with Crippen LogP contribution in [-0.2, 0) is 16.6 Å². The van der Waals surface area contributed by atoms with E-state index in [1.165, 1.54) is 11.1 Å². The van der Waals surface area contributed by atoms with Crippen LogP contribution in [0.4, 0.5) is 0 Å². The Hall–Kier alpha value is -1.94. The number of hydrogen-bond donors (Lipinski definition) is 0. The standard InChI is InChI=1S/C19H21NO3/c1-20-9-8-19-12-5-7-15(22-3)18(19)23-17-14(21-2)6-4-11(16(17)19)10-13(12)20/h4-7,13,18H,8-10H2,1-3H3/t13-,18+,19+/m1/s1/i3D3. The first-order valence-corrected chi connectivity index (χ1v) is 8.03. The molecule has 1 saturated heterocycles. The number of benzene rings is 1. The predicted octanol–water partition coefficient (Wildman–Crippen LogP) is 2.42. The van der Waals surface area contributed by atoms with Crippen molar-refractivity contribution in [3.63, 3.8) is 0 Å². The fourth-order valence-corrected chi connectivity index (χ4v) is 5.01. The van der Waals surface area contributed by atoms with Crippen LogP contribution in [0.2, 0.25) is 0 Å². The lowest BCUT2D eigenvalue weighted by Gasteiger charge is -2.52. The largest absolute Gasteiger partial charge is 0.497 e. The first-order chi connectivity index (χ1) is 12.3. The molecule has 3 atom stereocenters. The maximum absolute atomic E-state index is 7.53. The molecule has 4 heteroatoms. The molecule has 2 aliphatic carbocycles. The summed E-state index contributed by atoms with van der Waals surface area (Å²) in [7, 11) is 1.28. The van der Waals surface area contributed by atoms with Crippen LogP contribution in [0, 0.1) is 0 Å². The van der Waals surface area contributed by atoms with Gasteiger partial charge in [0.2, 0.25) is 0 Å². The zero-order valence-corrected chi connectivity index (χ0v) is 13.3. The summed E-state index contributed by atoms with van der Waals surface area (Å²) in [5.41, 5.74) is 3.36. The fourth-order valence-electron chi connectivity index (χ4n) is 5.01. The number of allylic oxidation sites excluding steroid dienone is 2. The van der Waals surface area contributed by atoms with E-state index in [1.807, 2.05) is 6.07 Å². The Kier molecular flexibility index (Phi) is 2.02. The Balaban J connectivity index is 1.75. The molecule has 23 heavy (non-hydrogen) atoms. The van der Waals surface area contributed by atoms with E-state index >= 15 is 0 Å². The molecule has 1 aromatic rings. The Morgan fingerprint density at radius 1 is 1.35 bits per heavy atom. The fraction of sp³-hybridized carbons (Fsp3) is 0.474. The molecule has 0 unspecified atom stereocenters. The van der Waals surface area contributed by atoms with Crippen molar-refractivity contribution in [1.82, 2.24) is 4.90 Å². The number of piperidine rings is 1. The molecular formula is C19H21NO3. The summed E-state index contributed by atoms with van der Waals surface area (Å²) >= 11 is 0. The van der Waals surface area contributed by atoms with Crippen molar-refractivity contribution in [3.8, 4) is 11.5 Å². The second-order valence-electron chi connectivity index (χ2n) is 6.84. The third-order valence-corrected chi connectivity index (χ3v) is 6.04. The van der Waals surface area contributed by atoms with Crippen molar-refractivity contribution in [3.05, 3.63) is 46.7 Å². The summed E-state index contributed by atoms with van der Waals surface area (Å²) < 4.78 is 39.9. The van der Waals surface area contributed by atoms with Gasteiger partial charge in [0, 0.05) is 11.6 Å². The smallest absolute Gasteiger partial charge is 0.169 e. The third kappa shape index (κ3) is 1.41. The summed E-state index contributed by atoms with van der Waals surface area (Å²) in [5.74, 6) is 1.81. The van der Waals surface area contributed by atoms with E-state index in [9.17, 15) is 0 Å². The van der Waals surface area contributed by atoms with E-state index in [4.69, 9.17) is 18.3 Å². The predicted molar refractivity (Wildman–Crippen MR) is 87.0 cm³/mol. The van der Waals surface area contributed by atoms with Gasteiger partial charge in [-0.15, -0.1) is 0 Å². The maximum Gasteiger partial charge on any atom is 0.169 e. The number of hydrogen-bond acceptors (Lipinski definition) is 4. The second kappa shape index (κ2) is 4.32. The van der Waals surface area contributed by atoms with Crippen molar-refractivity contribution in [1.29, 1.82) is 0 Å². The number of nitrogens with zero attached hydrogens (tertiary/aromatic N) is 1. The van der Waals surface area contributed by atoms with Crippen LogP contribution in [0.15, 0.2) is 35.6 Å². The van der Waals surface area contributed by atoms with Crippen molar-refractivity contribution >= 4 is 0 Å². The highest BCUT2D eigenvalue weighted by atomic mass is 16.6. The topological polar surface area (TPSA) is 30.9 Å². The zero-order valence-electron chi connectivity index (χ0n) is 16.3. The Labute approximate surface area is 140 Å². The van der Waals surface area contributed by atoms with Crippen LogP contribution in [0.25, 0.3) is 0 Å². The van der Waals surface area contributed by atoms with Gasteiger partial charge in [0.15, 0.2) is 17.6 Å². The van der Waals surface area contributed by atoms with E-state index in [-0.39, 0.29) is 5.41 Å². The lowest BCUT2D eigenvalue weighted by molar-refractivity contribution is 0.0734. The van der Waals surface area contributed by atoms with E-state index in [2.05, 4.69) is 24.1 Å². The Morgan fingerprint density at radius 3 is 3.09 bits per heavy atom. The average Bonchev–Trinajstić information content (AvgIpc) is 2.93. The maximum atomic E-state index is 7.53. The van der Waals surface area contributed by atoms with E-state index in [0.717, 1.165) is 30.7 Å². The summed E-state index contributed by atoms with van der Waals surface area (Å²) in [4.78, 5) is 2.38. The molecular weight excluding hydrogens is 290 g/mol. The molecule has 1 spiro atoms. The van der Waals surface area contributed by atoms with Gasteiger partial charge in [-0.25, -0.2) is 0 Å². The molecule has 2 aliphatic heterocycles. The van der Waals surface area contributed by atoms with Crippen LogP contribution < -0.4 is 9.47 Å². The molecule has 1 aromatic carbocycles. The third-order valence-electron chi connectivity index (χ3n) is 6.04. The molecule has 4 aliphatic rings. The molecule has 120 valence electrons. The van der Waals surface area contributed by atoms with Gasteiger partial charge in [-0.2, -0.15) is 0 Å². The first-order valence-electron chi connectivity index (χ1n) is 9.53. The van der Waals surface area contributed by atoms with Crippen molar-refractivity contribution in [2.75, 3.05) is 27.7 Å². The van der Waals surface area contributed by atoms with Gasteiger partial charge in [-0.3, -0.25) is 4.90 Å². The minimum absolute atomic E-state index is 0.298. The van der Waals surface area contributed by atoms with Gasteiger partial charge in [0.1, 0.15) is 5.76 Å². The molecule has 4 nitrogen and oxygen atoms in total. The van der Waals surface area contributed by atoms with Gasteiger partial charge in [-0.1, -0.05) is 12.1 Å². The van der Waals surface area contributed by atoms with Crippen LogP contribution in [0.1, 0.15) is 21.7 Å². The highest BCUT2D eigenvalue weighted by Gasteiger charge is 2.61. The molecule has 0 amide bonds. The monoisotopic (exact) mass is 314 g/mol. The van der Waals surface area contributed by atoms with Crippen molar-refractivity contribution < 1.29 is 18.3 Å². The number of ether oxygens (including phenoxy) is 3. The lowest BCUT2D eigenvalue weighted by Crippen LogP contribution is -2.58. The molecule has 0 radical (unpaired) electrons. The lowest BCUT2D eigenvalue weighted by atomic mass is 9.57. The molecule has 2 bridgehead atoms. The van der Waals surface area contributed by atoms with Crippen LogP contribution in [0.3, 0.4) is 0 Å². The SMILES string of the molecule is [2H]C([2H])([2H])OC1=CC=C2[C@H]3Cc4ccc(OC)c5c4[C@@]2(CCN3C)[C@H]1O5. The van der Waals surface area contributed by atoms with E-state index in [0.29, 0.717) is 17.6 Å². The van der Waals surface area contributed by atoms with Crippen LogP contribution >= 0.6 is 0 Å². The summed E-state index contributed by atoms with van der Waals surface area (Å²) in [6.07, 6.45) is 5.17. The van der Waals surface area contributed by atoms with E-state index in [1.54, 1.807) is 13.2 Å². The molecule has 5 rings (SSSR count). The molecule has 0 saturated carbocycles. The van der Waals surface area contributed by atoms with Gasteiger partial charge in [0.05, 0.1) is 23.7 Å². The summed E-state index contributed by atoms with van der Waals surface area (Å²) in [6.45, 7) is 0.930. The van der Waals surface area contributed by atoms with Crippen molar-refractivity contribution in [2.45, 2.75) is 30.4 Å². The number of methoxy groups -OCH3 is 2. The quantitative estimate of drug-likeness (QED) is 0.839. The van der Waals surface area contributed by atoms with Crippen molar-refractivity contribution in [2.24, 2.45) is 0 Å². The average molecular weight is 314 g/mol. The first kappa shape index (κ1) is 10.8. The minimum Gasteiger partial charge on any atom is -0.497 e. The van der Waals surface area contributed by atoms with Gasteiger partial charge >= 0.3 is 0 Å². The molecule has 1 fully saturated rings. The number of likely N-dealkylation sites (N-methyl/N-ethyl adjacent to an activating group) is 1. The second-order valence-corrected chi connectivity index (χ2v) is 6.84. The van der Waals surface area contributed by atoms with Crippen LogP contribution in [0.5, 0.6) is 11.5 Å². The summed E-state index contributed by atoms with van der Waals surface area (Å²) in [5, 5.41) is 0. The summed E-state index contributed by atoms with van der Waals surface area (Å²) in [6, 6.07) is 4.37. The van der Waals surface area contributed by atoms with Gasteiger partial charge < -0.3 is 14.2 Å². The molecule has 0 aromatic heterocycles. The Morgan fingerprint density at radius 2 is 2.26 bits per heavy atom. The highest BCUT2D eigenvalue weighted by Crippen LogP contribution is 2.62. The Bertz CT molecular complexity index is 860. The normalized spacial score (nSPS) is 35.8.